The molecule has 1 aliphatic rings. The average Bonchev–Trinajstić information content (AvgIpc) is 3.49. The molecule has 0 radical (unpaired) electrons. The van der Waals surface area contributed by atoms with Crippen LogP contribution < -0.4 is 19.7 Å². The molecule has 0 bridgehead atoms. The molecule has 40 heavy (non-hydrogen) atoms. The number of nitrogens with zero attached hydrogens (tertiary/aromatic N) is 6. The number of tetrazole rings is 1. The predicted octanol–water partition coefficient (Wildman–Crippen LogP) is 3.37. The van der Waals surface area contributed by atoms with Crippen LogP contribution in [0.3, 0.4) is 0 Å². The van der Waals surface area contributed by atoms with Crippen molar-refractivity contribution in [3.63, 3.8) is 0 Å². The van der Waals surface area contributed by atoms with Crippen molar-refractivity contribution in [1.29, 1.82) is 0 Å². The van der Waals surface area contributed by atoms with Gasteiger partial charge in [0.05, 0.1) is 25.7 Å². The van der Waals surface area contributed by atoms with Crippen molar-refractivity contribution in [2.24, 2.45) is 0 Å². The van der Waals surface area contributed by atoms with E-state index in [-0.39, 0.29) is 17.6 Å². The van der Waals surface area contributed by atoms with Gasteiger partial charge in [-0.05, 0) is 77.2 Å². The van der Waals surface area contributed by atoms with Crippen LogP contribution in [0.2, 0.25) is 0 Å². The number of nitrogens with one attached hydrogen (secondary N) is 1. The zero-order chi connectivity index (χ0) is 27.9. The van der Waals surface area contributed by atoms with Crippen molar-refractivity contribution < 1.29 is 19.1 Å². The molecule has 1 fully saturated rings. The Kier molecular flexibility index (Phi) is 8.45. The molecule has 1 aromatic heterocycles. The predicted molar refractivity (Wildman–Crippen MR) is 153 cm³/mol. The van der Waals surface area contributed by atoms with Gasteiger partial charge in [0.25, 0.3) is 5.91 Å². The molecule has 0 saturated carbocycles. The number of anilines is 2. The first-order valence-corrected chi connectivity index (χ1v) is 13.7. The lowest BCUT2D eigenvalue weighted by molar-refractivity contribution is -0.113. The van der Waals surface area contributed by atoms with Gasteiger partial charge in [-0.3, -0.25) is 9.59 Å². The third-order valence-electron chi connectivity index (χ3n) is 6.49. The first-order chi connectivity index (χ1) is 19.5. The Bertz CT molecular complexity index is 1450. The standard InChI is InChI=1S/C28H29N7O4S/c1-38-24-12-10-23(11-13-24)35-28(30-31-32-35)40-19-26(36)29-21-6-8-22(9-7-21)33-14-16-34(17-15-33)27(37)20-4-3-5-25(18-20)39-2/h3-13,18H,14-17,19H2,1-2H3,(H,29,36). The third-order valence-corrected chi connectivity index (χ3v) is 7.41. The van der Waals surface area contributed by atoms with Crippen molar-refractivity contribution in [3.05, 3.63) is 78.4 Å². The molecule has 3 aromatic carbocycles. The number of ether oxygens (including phenoxy) is 2. The minimum atomic E-state index is -0.160. The molecule has 12 heteroatoms. The molecule has 0 atom stereocenters. The highest BCUT2D eigenvalue weighted by Gasteiger charge is 2.22. The summed E-state index contributed by atoms with van der Waals surface area (Å²) in [4.78, 5) is 29.6. The summed E-state index contributed by atoms with van der Waals surface area (Å²) in [6, 6.07) is 22.3. The number of carbonyl (C=O) groups excluding carboxylic acids is 2. The van der Waals surface area contributed by atoms with E-state index in [1.54, 1.807) is 25.0 Å². The van der Waals surface area contributed by atoms with E-state index in [4.69, 9.17) is 9.47 Å². The molecule has 206 valence electrons. The average molecular weight is 560 g/mol. The number of benzene rings is 3. The summed E-state index contributed by atoms with van der Waals surface area (Å²) >= 11 is 1.25. The van der Waals surface area contributed by atoms with Gasteiger partial charge in [-0.15, -0.1) is 5.10 Å². The number of amides is 2. The molecule has 1 aliphatic heterocycles. The molecular weight excluding hydrogens is 530 g/mol. The zero-order valence-electron chi connectivity index (χ0n) is 22.2. The van der Waals surface area contributed by atoms with Crippen molar-refractivity contribution in [2.75, 3.05) is 56.4 Å². The quantitative estimate of drug-likeness (QED) is 0.308. The van der Waals surface area contributed by atoms with Gasteiger partial charge in [0.15, 0.2) is 0 Å². The minimum Gasteiger partial charge on any atom is -0.497 e. The van der Waals surface area contributed by atoms with Crippen LogP contribution in [0.4, 0.5) is 11.4 Å². The number of carbonyl (C=O) groups is 2. The lowest BCUT2D eigenvalue weighted by atomic mass is 10.1. The first kappa shape index (κ1) is 27.0. The largest absolute Gasteiger partial charge is 0.497 e. The fourth-order valence-corrected chi connectivity index (χ4v) is 5.03. The maximum absolute atomic E-state index is 12.9. The van der Waals surface area contributed by atoms with Gasteiger partial charge in [0.2, 0.25) is 11.1 Å². The molecule has 0 aliphatic carbocycles. The monoisotopic (exact) mass is 559 g/mol. The van der Waals surface area contributed by atoms with Gasteiger partial charge < -0.3 is 24.6 Å². The molecule has 1 N–H and O–H groups in total. The minimum absolute atomic E-state index is 0.00695. The normalized spacial score (nSPS) is 13.2. The van der Waals surface area contributed by atoms with E-state index in [0.717, 1.165) is 30.2 Å². The van der Waals surface area contributed by atoms with E-state index in [2.05, 4.69) is 25.7 Å². The summed E-state index contributed by atoms with van der Waals surface area (Å²) in [5.41, 5.74) is 3.15. The van der Waals surface area contributed by atoms with Crippen molar-refractivity contribution >= 4 is 35.0 Å². The second-order valence-corrected chi connectivity index (χ2v) is 9.91. The van der Waals surface area contributed by atoms with Gasteiger partial charge in [0, 0.05) is 43.1 Å². The van der Waals surface area contributed by atoms with E-state index in [1.165, 1.54) is 11.8 Å². The van der Waals surface area contributed by atoms with Crippen LogP contribution in [0.15, 0.2) is 78.0 Å². The maximum Gasteiger partial charge on any atom is 0.254 e. The zero-order valence-corrected chi connectivity index (χ0v) is 23.0. The van der Waals surface area contributed by atoms with Crippen molar-refractivity contribution in [1.82, 2.24) is 25.1 Å². The van der Waals surface area contributed by atoms with Crippen LogP contribution in [-0.2, 0) is 4.79 Å². The summed E-state index contributed by atoms with van der Waals surface area (Å²) in [5, 5.41) is 15.2. The Morgan fingerprint density at radius 2 is 1.57 bits per heavy atom. The fourth-order valence-electron chi connectivity index (χ4n) is 4.34. The van der Waals surface area contributed by atoms with Crippen LogP contribution in [0.25, 0.3) is 5.69 Å². The van der Waals surface area contributed by atoms with Crippen LogP contribution in [0.1, 0.15) is 10.4 Å². The number of aromatic nitrogens is 4. The number of hydrogen-bond donors (Lipinski definition) is 1. The maximum atomic E-state index is 12.9. The lowest BCUT2D eigenvalue weighted by Gasteiger charge is -2.36. The van der Waals surface area contributed by atoms with Gasteiger partial charge in [0.1, 0.15) is 11.5 Å². The highest BCUT2D eigenvalue weighted by Crippen LogP contribution is 2.23. The first-order valence-electron chi connectivity index (χ1n) is 12.7. The van der Waals surface area contributed by atoms with Crippen LogP contribution in [0.5, 0.6) is 11.5 Å². The third kappa shape index (κ3) is 6.34. The number of thioether (sulfide) groups is 1. The molecule has 4 aromatic rings. The highest BCUT2D eigenvalue weighted by molar-refractivity contribution is 7.99. The molecular formula is C28H29N7O4S. The Hall–Kier alpha value is -4.58. The summed E-state index contributed by atoms with van der Waals surface area (Å²) < 4.78 is 12.0. The van der Waals surface area contributed by atoms with Crippen LogP contribution in [-0.4, -0.2) is 83.1 Å². The van der Waals surface area contributed by atoms with Crippen LogP contribution >= 0.6 is 11.8 Å². The fraction of sp³-hybridized carbons (Fsp3) is 0.250. The topological polar surface area (TPSA) is 115 Å². The molecule has 0 unspecified atom stereocenters. The SMILES string of the molecule is COc1ccc(-n2nnnc2SCC(=O)Nc2ccc(N3CCN(C(=O)c4cccc(OC)c4)CC3)cc2)cc1. The molecule has 2 heterocycles. The molecule has 11 nitrogen and oxygen atoms in total. The van der Waals surface area contributed by atoms with Gasteiger partial charge in [-0.2, -0.15) is 4.68 Å². The summed E-state index contributed by atoms with van der Waals surface area (Å²) in [7, 11) is 3.20. The molecule has 1 saturated heterocycles. The van der Waals surface area contributed by atoms with Crippen molar-refractivity contribution in [3.8, 4) is 17.2 Å². The molecule has 0 spiro atoms. The van der Waals surface area contributed by atoms with Gasteiger partial charge in [-0.25, -0.2) is 0 Å². The number of hydrogen-bond acceptors (Lipinski definition) is 9. The smallest absolute Gasteiger partial charge is 0.254 e. The van der Waals surface area contributed by atoms with Crippen molar-refractivity contribution in [2.45, 2.75) is 5.16 Å². The second-order valence-electron chi connectivity index (χ2n) is 8.97. The van der Waals surface area contributed by atoms with Gasteiger partial charge >= 0.3 is 0 Å². The number of rotatable bonds is 9. The van der Waals surface area contributed by atoms with E-state index < -0.39 is 0 Å². The summed E-state index contributed by atoms with van der Waals surface area (Å²) in [6.07, 6.45) is 0. The Morgan fingerprint density at radius 3 is 2.27 bits per heavy atom. The lowest BCUT2D eigenvalue weighted by Crippen LogP contribution is -2.48. The van der Waals surface area contributed by atoms with E-state index >= 15 is 0 Å². The Labute approximate surface area is 236 Å². The Balaban J connectivity index is 1.10. The number of methoxy groups -OCH3 is 2. The number of piperazine rings is 1. The second kappa shape index (κ2) is 12.5. The summed E-state index contributed by atoms with van der Waals surface area (Å²) in [5.74, 6) is 1.41. The van der Waals surface area contributed by atoms with Crippen LogP contribution in [0, 0.1) is 0 Å². The molecule has 5 rings (SSSR count). The van der Waals surface area contributed by atoms with Gasteiger partial charge in [-0.1, -0.05) is 17.8 Å². The highest BCUT2D eigenvalue weighted by atomic mass is 32.2. The Morgan fingerprint density at radius 1 is 0.875 bits per heavy atom. The van der Waals surface area contributed by atoms with E-state index in [9.17, 15) is 9.59 Å². The molecule has 2 amide bonds. The summed E-state index contributed by atoms with van der Waals surface area (Å²) in [6.45, 7) is 2.70. The van der Waals surface area contributed by atoms with E-state index in [1.807, 2.05) is 71.6 Å². The van der Waals surface area contributed by atoms with E-state index in [0.29, 0.717) is 35.2 Å².